The highest BCUT2D eigenvalue weighted by Crippen LogP contribution is 2.30. The Kier molecular flexibility index (Phi) is 4.53. The molecule has 1 aromatic rings. The van der Waals surface area contributed by atoms with Crippen molar-refractivity contribution in [2.45, 2.75) is 38.5 Å². The summed E-state index contributed by atoms with van der Waals surface area (Å²) in [6, 6.07) is 8.89. The standard InChI is InChI=1S/C20H27N5O2/c1-14-9-11-24(12-10-14)19-21-17-16(22(19)2)18(26)25(20(27)23(17)3)13-15-7-5-4-6-8-15/h4-8,14,16-17H,9-13H2,1-3H3. The molecule has 0 bridgehead atoms. The normalized spacial score (nSPS) is 26.6. The molecular weight excluding hydrogens is 342 g/mol. The number of aliphatic imine (C=N–C) groups is 1. The topological polar surface area (TPSA) is 59.5 Å². The smallest absolute Gasteiger partial charge is 0.328 e. The summed E-state index contributed by atoms with van der Waals surface area (Å²) in [4.78, 5) is 38.0. The van der Waals surface area contributed by atoms with Crippen LogP contribution >= 0.6 is 0 Å². The molecule has 2 saturated heterocycles. The highest BCUT2D eigenvalue weighted by atomic mass is 16.2. The van der Waals surface area contributed by atoms with Crippen molar-refractivity contribution in [3.8, 4) is 0 Å². The number of hydrogen-bond donors (Lipinski definition) is 0. The van der Waals surface area contributed by atoms with E-state index in [0.29, 0.717) is 0 Å². The van der Waals surface area contributed by atoms with Crippen molar-refractivity contribution in [1.29, 1.82) is 0 Å². The molecule has 0 N–H and O–H groups in total. The summed E-state index contributed by atoms with van der Waals surface area (Å²) >= 11 is 0. The van der Waals surface area contributed by atoms with E-state index in [-0.39, 0.29) is 18.5 Å². The second-order valence-electron chi connectivity index (χ2n) is 7.87. The number of amides is 3. The largest absolute Gasteiger partial charge is 0.343 e. The molecule has 27 heavy (non-hydrogen) atoms. The molecule has 144 valence electrons. The Bertz CT molecular complexity index is 757. The van der Waals surface area contributed by atoms with Crippen LogP contribution in [-0.4, -0.2) is 76.9 Å². The minimum absolute atomic E-state index is 0.168. The molecule has 3 heterocycles. The average Bonchev–Trinajstić information content (AvgIpc) is 3.02. The lowest BCUT2D eigenvalue weighted by molar-refractivity contribution is -0.137. The highest BCUT2D eigenvalue weighted by Gasteiger charge is 2.51. The number of carbonyl (C=O) groups excluding carboxylic acids is 2. The Labute approximate surface area is 160 Å². The zero-order valence-corrected chi connectivity index (χ0v) is 16.2. The van der Waals surface area contributed by atoms with Gasteiger partial charge in [0.25, 0.3) is 5.91 Å². The van der Waals surface area contributed by atoms with Crippen LogP contribution in [0.1, 0.15) is 25.3 Å². The van der Waals surface area contributed by atoms with Gasteiger partial charge in [0, 0.05) is 27.2 Å². The third-order valence-electron chi connectivity index (χ3n) is 5.96. The number of nitrogens with zero attached hydrogens (tertiary/aromatic N) is 5. The summed E-state index contributed by atoms with van der Waals surface area (Å²) in [5.41, 5.74) is 0.942. The third kappa shape index (κ3) is 3.05. The number of imide groups is 1. The fourth-order valence-corrected chi connectivity index (χ4v) is 4.18. The number of carbonyl (C=O) groups is 2. The van der Waals surface area contributed by atoms with Gasteiger partial charge in [-0.1, -0.05) is 37.3 Å². The van der Waals surface area contributed by atoms with Crippen LogP contribution in [0.25, 0.3) is 0 Å². The molecule has 0 saturated carbocycles. The van der Waals surface area contributed by atoms with Crippen molar-refractivity contribution in [1.82, 2.24) is 19.6 Å². The first kappa shape index (κ1) is 17.8. The Balaban J connectivity index is 1.56. The van der Waals surface area contributed by atoms with Gasteiger partial charge in [-0.05, 0) is 24.3 Å². The summed E-state index contributed by atoms with van der Waals surface area (Å²) in [6.45, 7) is 4.46. The second-order valence-corrected chi connectivity index (χ2v) is 7.87. The van der Waals surface area contributed by atoms with Crippen molar-refractivity contribution >= 4 is 17.9 Å². The number of piperidine rings is 1. The summed E-state index contributed by atoms with van der Waals surface area (Å²) in [5.74, 6) is 1.40. The number of likely N-dealkylation sites (tertiary alicyclic amines) is 1. The monoisotopic (exact) mass is 369 g/mol. The molecule has 1 aromatic carbocycles. The molecule has 0 radical (unpaired) electrons. The van der Waals surface area contributed by atoms with Crippen molar-refractivity contribution in [2.24, 2.45) is 10.9 Å². The lowest BCUT2D eigenvalue weighted by Crippen LogP contribution is -2.64. The van der Waals surface area contributed by atoms with Gasteiger partial charge in [-0.3, -0.25) is 9.69 Å². The van der Waals surface area contributed by atoms with Crippen LogP contribution in [0.15, 0.2) is 35.3 Å². The minimum atomic E-state index is -0.453. The quantitative estimate of drug-likeness (QED) is 0.798. The van der Waals surface area contributed by atoms with Crippen LogP contribution in [0.4, 0.5) is 4.79 Å². The highest BCUT2D eigenvalue weighted by molar-refractivity contribution is 6.03. The van der Waals surface area contributed by atoms with Gasteiger partial charge < -0.3 is 14.7 Å². The summed E-state index contributed by atoms with van der Waals surface area (Å²) < 4.78 is 0. The molecule has 4 rings (SSSR count). The molecule has 3 amide bonds. The fraction of sp³-hybridized carbons (Fsp3) is 0.550. The molecule has 3 aliphatic rings. The van der Waals surface area contributed by atoms with E-state index in [1.807, 2.05) is 42.3 Å². The number of rotatable bonds is 2. The maximum atomic E-state index is 13.2. The molecule has 7 heteroatoms. The van der Waals surface area contributed by atoms with Gasteiger partial charge in [0.15, 0.2) is 18.2 Å². The van der Waals surface area contributed by atoms with Gasteiger partial charge in [-0.2, -0.15) is 0 Å². The Morgan fingerprint density at radius 3 is 2.37 bits per heavy atom. The summed E-state index contributed by atoms with van der Waals surface area (Å²) in [7, 11) is 3.66. The Hall–Kier alpha value is -2.57. The molecule has 3 aliphatic heterocycles. The van der Waals surface area contributed by atoms with E-state index in [0.717, 1.165) is 43.4 Å². The van der Waals surface area contributed by atoms with Crippen molar-refractivity contribution in [3.05, 3.63) is 35.9 Å². The third-order valence-corrected chi connectivity index (χ3v) is 5.96. The molecule has 0 spiro atoms. The van der Waals surface area contributed by atoms with Crippen molar-refractivity contribution in [2.75, 3.05) is 27.2 Å². The average molecular weight is 369 g/mol. The van der Waals surface area contributed by atoms with Crippen LogP contribution in [-0.2, 0) is 11.3 Å². The van der Waals surface area contributed by atoms with Crippen LogP contribution < -0.4 is 0 Å². The van der Waals surface area contributed by atoms with Gasteiger partial charge in [0.05, 0.1) is 6.54 Å². The van der Waals surface area contributed by atoms with Crippen molar-refractivity contribution in [3.63, 3.8) is 0 Å². The fourth-order valence-electron chi connectivity index (χ4n) is 4.18. The summed E-state index contributed by atoms with van der Waals surface area (Å²) in [5, 5.41) is 0. The zero-order valence-electron chi connectivity index (χ0n) is 16.2. The van der Waals surface area contributed by atoms with E-state index in [1.165, 1.54) is 4.90 Å². The van der Waals surface area contributed by atoms with Gasteiger partial charge in [0.1, 0.15) is 0 Å². The first-order valence-electron chi connectivity index (χ1n) is 9.65. The molecule has 2 atom stereocenters. The first-order valence-corrected chi connectivity index (χ1v) is 9.65. The van der Waals surface area contributed by atoms with Crippen LogP contribution in [0.3, 0.4) is 0 Å². The van der Waals surface area contributed by atoms with Gasteiger partial charge in [-0.25, -0.2) is 9.79 Å². The lowest BCUT2D eigenvalue weighted by atomic mass is 9.99. The van der Waals surface area contributed by atoms with E-state index in [1.54, 1.807) is 11.9 Å². The van der Waals surface area contributed by atoms with Crippen molar-refractivity contribution < 1.29 is 9.59 Å². The first-order chi connectivity index (χ1) is 13.0. The van der Waals surface area contributed by atoms with Crippen LogP contribution in [0.5, 0.6) is 0 Å². The number of benzene rings is 1. The van der Waals surface area contributed by atoms with E-state index in [4.69, 9.17) is 4.99 Å². The molecule has 2 unspecified atom stereocenters. The maximum absolute atomic E-state index is 13.2. The van der Waals surface area contributed by atoms with Crippen LogP contribution in [0, 0.1) is 5.92 Å². The Morgan fingerprint density at radius 1 is 1.04 bits per heavy atom. The number of urea groups is 1. The molecule has 0 aromatic heterocycles. The second kappa shape index (κ2) is 6.87. The minimum Gasteiger partial charge on any atom is -0.343 e. The van der Waals surface area contributed by atoms with E-state index in [2.05, 4.69) is 11.8 Å². The number of likely N-dealkylation sites (N-methyl/N-ethyl adjacent to an activating group) is 2. The molecule has 2 fully saturated rings. The van der Waals surface area contributed by atoms with Gasteiger partial charge in [-0.15, -0.1) is 0 Å². The maximum Gasteiger partial charge on any atom is 0.328 e. The van der Waals surface area contributed by atoms with Gasteiger partial charge in [0.2, 0.25) is 0 Å². The Morgan fingerprint density at radius 2 is 1.70 bits per heavy atom. The molecule has 7 nitrogen and oxygen atoms in total. The SMILES string of the molecule is CC1CCN(C2=NC3C(C(=O)N(Cc4ccccc4)C(=O)N3C)N2C)CC1. The molecule has 0 aliphatic carbocycles. The predicted octanol–water partition coefficient (Wildman–Crippen LogP) is 1.81. The zero-order chi connectivity index (χ0) is 19.1. The molecular formula is C20H27N5O2. The van der Waals surface area contributed by atoms with E-state index >= 15 is 0 Å². The lowest BCUT2D eigenvalue weighted by Gasteiger charge is -2.41. The van der Waals surface area contributed by atoms with E-state index < -0.39 is 12.2 Å². The van der Waals surface area contributed by atoms with Crippen LogP contribution in [0.2, 0.25) is 0 Å². The number of fused-ring (bicyclic) bond motifs is 1. The van der Waals surface area contributed by atoms with Gasteiger partial charge >= 0.3 is 6.03 Å². The number of guanidine groups is 1. The predicted molar refractivity (Wildman–Crippen MR) is 103 cm³/mol. The number of hydrogen-bond acceptors (Lipinski definition) is 5. The van der Waals surface area contributed by atoms with E-state index in [9.17, 15) is 9.59 Å². The summed E-state index contributed by atoms with van der Waals surface area (Å²) in [6.07, 6.45) is 1.81.